The number of carbonyl (C=O) groups excluding carboxylic acids is 1. The van der Waals surface area contributed by atoms with Crippen LogP contribution in [0.4, 0.5) is 5.69 Å². The number of hydrogen-bond acceptors (Lipinski definition) is 3. The summed E-state index contributed by atoms with van der Waals surface area (Å²) in [4.78, 5) is 13.0. The Kier molecular flexibility index (Phi) is 8.08. The van der Waals surface area contributed by atoms with Crippen LogP contribution in [0, 0.1) is 0 Å². The summed E-state index contributed by atoms with van der Waals surface area (Å²) in [6.45, 7) is 1.76. The Morgan fingerprint density at radius 3 is 2.57 bits per heavy atom. The van der Waals surface area contributed by atoms with Crippen LogP contribution >= 0.6 is 27.5 Å². The molecule has 1 aliphatic rings. The first-order valence-electron chi connectivity index (χ1n) is 9.87. The summed E-state index contributed by atoms with van der Waals surface area (Å²) in [6.07, 6.45) is 4.39. The van der Waals surface area contributed by atoms with Gasteiger partial charge in [0.2, 0.25) is 5.82 Å². The quantitative estimate of drug-likeness (QED) is 0.374. The number of Topliss-reactive ketones (excluding diaryl/α,β-unsaturated/α-hetero) is 1. The monoisotopic (exact) mass is 552 g/mol. The van der Waals surface area contributed by atoms with E-state index in [-0.39, 0.29) is 22.8 Å². The highest BCUT2D eigenvalue weighted by molar-refractivity contribution is 9.10. The third-order valence-electron chi connectivity index (χ3n) is 5.19. The number of benzene rings is 2. The number of rotatable bonds is 6. The number of halogens is 3. The van der Waals surface area contributed by atoms with Crippen molar-refractivity contribution in [2.24, 2.45) is 0 Å². The zero-order valence-corrected chi connectivity index (χ0v) is 20.4. The second kappa shape index (κ2) is 10.6. The molecule has 1 aliphatic heterocycles. The molecule has 4 rings (SSSR count). The number of nitrogens with zero attached hydrogens (tertiary/aromatic N) is 3. The van der Waals surface area contributed by atoms with Gasteiger partial charge in [0, 0.05) is 32.3 Å². The van der Waals surface area contributed by atoms with Gasteiger partial charge >= 0.3 is 0 Å². The zero-order chi connectivity index (χ0) is 20.2. The van der Waals surface area contributed by atoms with Crippen LogP contribution in [0.15, 0.2) is 53.0 Å². The van der Waals surface area contributed by atoms with Crippen LogP contribution in [-0.2, 0) is 26.1 Å². The van der Waals surface area contributed by atoms with E-state index in [1.165, 1.54) is 6.42 Å². The van der Waals surface area contributed by atoms with Gasteiger partial charge in [-0.05, 0) is 55.7 Å². The average molecular weight is 555 g/mol. The van der Waals surface area contributed by atoms with E-state index in [9.17, 15) is 4.79 Å². The van der Waals surface area contributed by atoms with Gasteiger partial charge in [0.05, 0.1) is 0 Å². The van der Waals surface area contributed by atoms with E-state index in [1.54, 1.807) is 0 Å². The third-order valence-corrected chi connectivity index (χ3v) is 5.97. The minimum absolute atomic E-state index is 0. The molecular formula is C22H23Br2ClN4O. The van der Waals surface area contributed by atoms with Gasteiger partial charge in [-0.3, -0.25) is 4.79 Å². The first kappa shape index (κ1) is 23.0. The fourth-order valence-corrected chi connectivity index (χ4v) is 4.03. The molecule has 8 heteroatoms. The van der Waals surface area contributed by atoms with Crippen LogP contribution in [0.25, 0.3) is 0 Å². The van der Waals surface area contributed by atoms with E-state index in [0.717, 1.165) is 47.6 Å². The summed E-state index contributed by atoms with van der Waals surface area (Å²) >= 11 is 9.40. The number of hydrogen-bond donors (Lipinski definition) is 1. The van der Waals surface area contributed by atoms with Crippen LogP contribution in [0.1, 0.15) is 41.3 Å². The SMILES string of the molecule is O=C(C[n+]1c(CNc2ccc(Cl)cc2)nn2c1CCCCC2)c1ccc(Br)cc1.[Br-]. The average Bonchev–Trinajstić information content (AvgIpc) is 2.88. The lowest BCUT2D eigenvalue weighted by Gasteiger charge is -2.07. The molecule has 2 heterocycles. The molecule has 0 saturated heterocycles. The predicted molar refractivity (Wildman–Crippen MR) is 117 cm³/mol. The normalized spacial score (nSPS) is 13.1. The molecule has 3 aromatic rings. The number of fused-ring (bicyclic) bond motifs is 1. The Morgan fingerprint density at radius 1 is 1.10 bits per heavy atom. The molecule has 0 unspecified atom stereocenters. The molecule has 0 atom stereocenters. The highest BCUT2D eigenvalue weighted by Gasteiger charge is 2.28. The molecule has 0 bridgehead atoms. The Hall–Kier alpha value is -1.70. The van der Waals surface area contributed by atoms with Crippen molar-refractivity contribution in [2.75, 3.05) is 5.32 Å². The van der Waals surface area contributed by atoms with E-state index in [4.69, 9.17) is 16.7 Å². The van der Waals surface area contributed by atoms with Crippen molar-refractivity contribution in [3.8, 4) is 0 Å². The fourth-order valence-electron chi connectivity index (χ4n) is 3.64. The summed E-state index contributed by atoms with van der Waals surface area (Å²) in [5, 5.41) is 8.94. The molecule has 158 valence electrons. The van der Waals surface area contributed by atoms with Crippen LogP contribution in [-0.4, -0.2) is 15.6 Å². The summed E-state index contributed by atoms with van der Waals surface area (Å²) in [6, 6.07) is 15.1. The maximum atomic E-state index is 13.0. The lowest BCUT2D eigenvalue weighted by Crippen LogP contribution is -3.00. The second-order valence-corrected chi connectivity index (χ2v) is 8.60. The minimum Gasteiger partial charge on any atom is -1.00 e. The summed E-state index contributed by atoms with van der Waals surface area (Å²) in [5.41, 5.74) is 1.69. The van der Waals surface area contributed by atoms with Gasteiger partial charge in [-0.15, -0.1) is 4.68 Å². The Bertz CT molecular complexity index is 1000. The fraction of sp³-hybridized carbons (Fsp3) is 0.318. The molecule has 1 aromatic heterocycles. The lowest BCUT2D eigenvalue weighted by molar-refractivity contribution is -0.698. The predicted octanol–water partition coefficient (Wildman–Crippen LogP) is 1.81. The van der Waals surface area contributed by atoms with Crippen molar-refractivity contribution < 1.29 is 26.3 Å². The molecule has 0 amide bonds. The van der Waals surface area contributed by atoms with Gasteiger partial charge < -0.3 is 22.3 Å². The number of aromatic nitrogens is 3. The number of aryl methyl sites for hydroxylation is 1. The molecule has 5 nitrogen and oxygen atoms in total. The largest absolute Gasteiger partial charge is 1.00 e. The molecule has 0 spiro atoms. The van der Waals surface area contributed by atoms with Crippen molar-refractivity contribution in [1.29, 1.82) is 0 Å². The minimum atomic E-state index is 0. The van der Waals surface area contributed by atoms with Gasteiger partial charge in [-0.2, -0.15) is 0 Å². The topological polar surface area (TPSA) is 50.8 Å². The summed E-state index contributed by atoms with van der Waals surface area (Å²) in [5.74, 6) is 2.11. The van der Waals surface area contributed by atoms with Crippen LogP contribution in [0.2, 0.25) is 5.02 Å². The van der Waals surface area contributed by atoms with Crippen molar-refractivity contribution in [3.05, 3.63) is 75.2 Å². The first-order valence-corrected chi connectivity index (χ1v) is 11.0. The van der Waals surface area contributed by atoms with E-state index >= 15 is 0 Å². The van der Waals surface area contributed by atoms with Gasteiger partial charge in [0.15, 0.2) is 5.78 Å². The standard InChI is InChI=1S/C22H23BrClN4O.BrH/c23-17-7-5-16(6-8-17)20(29)15-27-21(14-25-19-11-9-18(24)10-12-19)26-28-13-3-1-2-4-22(27)28;/h5-12,25H,1-4,13-15H2;1H/q+1;/p-1. The van der Waals surface area contributed by atoms with Crippen LogP contribution in [0.3, 0.4) is 0 Å². The molecule has 0 aliphatic carbocycles. The highest BCUT2D eigenvalue weighted by atomic mass is 79.9. The number of carbonyl (C=O) groups is 1. The van der Waals surface area contributed by atoms with Gasteiger partial charge in [0.1, 0.15) is 19.6 Å². The van der Waals surface area contributed by atoms with Crippen LogP contribution < -0.4 is 26.9 Å². The molecule has 0 saturated carbocycles. The molecular weight excluding hydrogens is 532 g/mol. The highest BCUT2D eigenvalue weighted by Crippen LogP contribution is 2.16. The molecule has 1 N–H and O–H groups in total. The number of anilines is 1. The summed E-state index contributed by atoms with van der Waals surface area (Å²) in [7, 11) is 0. The van der Waals surface area contributed by atoms with Crippen molar-refractivity contribution in [1.82, 2.24) is 9.78 Å². The van der Waals surface area contributed by atoms with Gasteiger partial charge in [-0.25, -0.2) is 4.57 Å². The second-order valence-electron chi connectivity index (χ2n) is 7.24. The molecule has 2 aromatic carbocycles. The van der Waals surface area contributed by atoms with Crippen molar-refractivity contribution in [2.45, 2.75) is 45.3 Å². The van der Waals surface area contributed by atoms with Gasteiger partial charge in [0.25, 0.3) is 5.82 Å². The Labute approximate surface area is 200 Å². The Morgan fingerprint density at radius 2 is 1.83 bits per heavy atom. The number of ketones is 1. The smallest absolute Gasteiger partial charge is 0.297 e. The maximum Gasteiger partial charge on any atom is 0.297 e. The Balaban J connectivity index is 0.00000256. The van der Waals surface area contributed by atoms with E-state index in [2.05, 4.69) is 30.5 Å². The molecule has 30 heavy (non-hydrogen) atoms. The first-order chi connectivity index (χ1) is 14.1. The van der Waals surface area contributed by atoms with E-state index < -0.39 is 0 Å². The van der Waals surface area contributed by atoms with Gasteiger partial charge in [-0.1, -0.05) is 39.7 Å². The van der Waals surface area contributed by atoms with Crippen molar-refractivity contribution in [3.63, 3.8) is 0 Å². The van der Waals surface area contributed by atoms with E-state index in [1.807, 2.05) is 48.5 Å². The zero-order valence-electron chi connectivity index (χ0n) is 16.5. The van der Waals surface area contributed by atoms with Crippen molar-refractivity contribution >= 4 is 39.0 Å². The number of nitrogens with one attached hydrogen (secondary N) is 1. The lowest BCUT2D eigenvalue weighted by atomic mass is 10.1. The van der Waals surface area contributed by atoms with Crippen LogP contribution in [0.5, 0.6) is 0 Å². The molecule has 0 radical (unpaired) electrons. The summed E-state index contributed by atoms with van der Waals surface area (Å²) < 4.78 is 5.15. The maximum absolute atomic E-state index is 13.0. The molecule has 0 fully saturated rings. The van der Waals surface area contributed by atoms with E-state index in [0.29, 0.717) is 23.7 Å². The third kappa shape index (κ3) is 5.50.